The summed E-state index contributed by atoms with van der Waals surface area (Å²) in [5.41, 5.74) is 1.76. The van der Waals surface area contributed by atoms with Gasteiger partial charge >= 0.3 is 0 Å². The Hall–Kier alpha value is -2.76. The van der Waals surface area contributed by atoms with Crippen LogP contribution in [0.3, 0.4) is 0 Å². The molecule has 2 aromatic rings. The number of likely N-dealkylation sites (tertiary alicyclic amines) is 1. The summed E-state index contributed by atoms with van der Waals surface area (Å²) in [5.74, 6) is -0.499. The van der Waals surface area contributed by atoms with Crippen molar-refractivity contribution in [2.24, 2.45) is 0 Å². The Balaban J connectivity index is 1.39. The number of carbonyl (C=O) groups excluding carboxylic acids is 3. The Kier molecular flexibility index (Phi) is 7.37. The van der Waals surface area contributed by atoms with E-state index in [0.717, 1.165) is 42.5 Å². The number of benzene rings is 1. The van der Waals surface area contributed by atoms with Crippen molar-refractivity contribution in [3.05, 3.63) is 45.8 Å². The van der Waals surface area contributed by atoms with Crippen LogP contribution in [0.25, 0.3) is 0 Å². The van der Waals surface area contributed by atoms with E-state index in [1.54, 1.807) is 4.90 Å². The van der Waals surface area contributed by atoms with Crippen molar-refractivity contribution in [1.82, 2.24) is 14.1 Å². The summed E-state index contributed by atoms with van der Waals surface area (Å²) in [5, 5.41) is 3.41. The number of carbonyl (C=O) groups is 3. The number of fused-ring (bicyclic) bond motifs is 1. The topological polar surface area (TPSA) is 107 Å². The third-order valence-corrected chi connectivity index (χ3v) is 10.5. The van der Waals surface area contributed by atoms with E-state index in [1.165, 1.54) is 46.8 Å². The molecule has 0 unspecified atom stereocenters. The molecule has 3 aliphatic rings. The number of hydrogen-bond acceptors (Lipinski definition) is 6. The van der Waals surface area contributed by atoms with Crippen LogP contribution in [0.15, 0.2) is 29.2 Å². The van der Waals surface area contributed by atoms with Gasteiger partial charge < -0.3 is 15.1 Å². The van der Waals surface area contributed by atoms with Crippen LogP contribution in [-0.4, -0.2) is 73.0 Å². The molecule has 5 rings (SSSR count). The summed E-state index contributed by atoms with van der Waals surface area (Å²) >= 11 is 1.34. The van der Waals surface area contributed by atoms with Gasteiger partial charge in [-0.25, -0.2) is 8.42 Å². The minimum Gasteiger partial charge on any atom is -0.339 e. The van der Waals surface area contributed by atoms with E-state index in [-0.39, 0.29) is 16.7 Å². The highest BCUT2D eigenvalue weighted by molar-refractivity contribution is 7.89. The second-order valence-electron chi connectivity index (χ2n) is 9.84. The number of thiophene rings is 1. The molecule has 0 aliphatic carbocycles. The van der Waals surface area contributed by atoms with Gasteiger partial charge in [-0.05, 0) is 61.9 Å². The van der Waals surface area contributed by atoms with Gasteiger partial charge in [-0.15, -0.1) is 11.3 Å². The molecule has 0 bridgehead atoms. The predicted molar refractivity (Wildman–Crippen MR) is 141 cm³/mol. The summed E-state index contributed by atoms with van der Waals surface area (Å²) in [6.07, 6.45) is 5.24. The minimum absolute atomic E-state index is 0.0170. The lowest BCUT2D eigenvalue weighted by Crippen LogP contribution is -2.35. The molecule has 198 valence electrons. The molecule has 11 heteroatoms. The molecule has 3 amide bonds. The highest BCUT2D eigenvalue weighted by Gasteiger charge is 2.33. The van der Waals surface area contributed by atoms with Gasteiger partial charge in [-0.2, -0.15) is 4.31 Å². The van der Waals surface area contributed by atoms with Gasteiger partial charge in [0.15, 0.2) is 0 Å². The summed E-state index contributed by atoms with van der Waals surface area (Å²) in [6.45, 7) is 4.93. The van der Waals surface area contributed by atoms with Crippen molar-refractivity contribution >= 4 is 44.1 Å². The zero-order valence-corrected chi connectivity index (χ0v) is 22.6. The quantitative estimate of drug-likeness (QED) is 0.622. The fraction of sp³-hybridized carbons (Fsp3) is 0.500. The smallest absolute Gasteiger partial charge is 0.257 e. The number of hydrogen-bond donors (Lipinski definition) is 1. The molecule has 1 N–H and O–H groups in total. The normalized spacial score (nSPS) is 18.5. The number of anilines is 1. The fourth-order valence-electron chi connectivity index (χ4n) is 5.27. The molecule has 1 aromatic carbocycles. The van der Waals surface area contributed by atoms with Crippen LogP contribution in [0.4, 0.5) is 5.00 Å². The predicted octanol–water partition coefficient (Wildman–Crippen LogP) is 3.32. The molecule has 4 heterocycles. The Morgan fingerprint density at radius 2 is 1.51 bits per heavy atom. The van der Waals surface area contributed by atoms with E-state index in [4.69, 9.17) is 0 Å². The van der Waals surface area contributed by atoms with Crippen molar-refractivity contribution in [3.8, 4) is 0 Å². The number of nitrogens with zero attached hydrogens (tertiary/aromatic N) is 3. The Bertz CT molecular complexity index is 1310. The number of sulfonamides is 1. The van der Waals surface area contributed by atoms with Crippen molar-refractivity contribution in [1.29, 1.82) is 0 Å². The molecule has 2 fully saturated rings. The highest BCUT2D eigenvalue weighted by Crippen LogP contribution is 2.38. The van der Waals surface area contributed by atoms with Gasteiger partial charge in [0.05, 0.1) is 17.0 Å². The number of amides is 3. The van der Waals surface area contributed by atoms with E-state index >= 15 is 0 Å². The molecule has 9 nitrogen and oxygen atoms in total. The molecule has 1 aromatic heterocycles. The summed E-state index contributed by atoms with van der Waals surface area (Å²) in [6, 6.07) is 5.97. The lowest BCUT2D eigenvalue weighted by molar-refractivity contribution is -0.129. The molecule has 3 aliphatic heterocycles. The van der Waals surface area contributed by atoms with E-state index in [1.807, 2.05) is 4.90 Å². The molecule has 0 spiro atoms. The fourth-order valence-corrected chi connectivity index (χ4v) is 8.04. The van der Waals surface area contributed by atoms with Crippen molar-refractivity contribution in [2.75, 3.05) is 38.0 Å². The maximum absolute atomic E-state index is 13.5. The maximum Gasteiger partial charge on any atom is 0.257 e. The minimum atomic E-state index is -3.58. The van der Waals surface area contributed by atoms with E-state index < -0.39 is 15.9 Å². The molecule has 0 saturated carbocycles. The summed E-state index contributed by atoms with van der Waals surface area (Å²) < 4.78 is 27.4. The van der Waals surface area contributed by atoms with Crippen LogP contribution in [-0.2, 0) is 27.8 Å². The van der Waals surface area contributed by atoms with Crippen LogP contribution in [0.2, 0.25) is 0 Å². The third kappa shape index (κ3) is 5.17. The second-order valence-corrected chi connectivity index (χ2v) is 12.9. The van der Waals surface area contributed by atoms with Crippen LogP contribution < -0.4 is 5.32 Å². The summed E-state index contributed by atoms with van der Waals surface area (Å²) in [7, 11) is -3.58. The van der Waals surface area contributed by atoms with Crippen molar-refractivity contribution in [2.45, 2.75) is 56.9 Å². The standard InChI is InChI=1S/C26H32N4O5S2/c1-18(31)29-16-11-21-22(17-29)36-25(23(21)26(33)28-12-5-6-13-28)27-24(32)19-7-9-20(10-8-19)37(34,35)30-14-3-2-4-15-30/h7-10H,2-6,11-17H2,1H3,(H,27,32). The van der Waals surface area contributed by atoms with Gasteiger partial charge in [0, 0.05) is 50.1 Å². The Labute approximate surface area is 221 Å². The van der Waals surface area contributed by atoms with Crippen LogP contribution in [0.5, 0.6) is 0 Å². The molecule has 0 atom stereocenters. The zero-order valence-electron chi connectivity index (χ0n) is 21.0. The van der Waals surface area contributed by atoms with E-state index in [2.05, 4.69) is 5.32 Å². The first kappa shape index (κ1) is 25.9. The molecular formula is C26H32N4O5S2. The van der Waals surface area contributed by atoms with Gasteiger partial charge in [0.25, 0.3) is 11.8 Å². The number of rotatable bonds is 5. The van der Waals surface area contributed by atoms with Gasteiger partial charge in [-0.1, -0.05) is 6.42 Å². The van der Waals surface area contributed by atoms with E-state index in [9.17, 15) is 22.8 Å². The average molecular weight is 545 g/mol. The average Bonchev–Trinajstić information content (AvgIpc) is 3.56. The summed E-state index contributed by atoms with van der Waals surface area (Å²) in [4.78, 5) is 43.3. The first-order chi connectivity index (χ1) is 17.8. The molecule has 2 saturated heterocycles. The lowest BCUT2D eigenvalue weighted by atomic mass is 10.0. The van der Waals surface area contributed by atoms with Crippen LogP contribution >= 0.6 is 11.3 Å². The first-order valence-corrected chi connectivity index (χ1v) is 15.1. The van der Waals surface area contributed by atoms with Gasteiger partial charge in [0.2, 0.25) is 15.9 Å². The maximum atomic E-state index is 13.5. The van der Waals surface area contributed by atoms with Crippen LogP contribution in [0.1, 0.15) is 70.2 Å². The van der Waals surface area contributed by atoms with E-state index in [0.29, 0.717) is 61.8 Å². The highest BCUT2D eigenvalue weighted by atomic mass is 32.2. The van der Waals surface area contributed by atoms with Gasteiger partial charge in [0.1, 0.15) is 5.00 Å². The second kappa shape index (κ2) is 10.5. The monoisotopic (exact) mass is 544 g/mol. The molecule has 37 heavy (non-hydrogen) atoms. The third-order valence-electron chi connectivity index (χ3n) is 7.41. The Morgan fingerprint density at radius 3 is 2.16 bits per heavy atom. The SMILES string of the molecule is CC(=O)N1CCc2c(sc(NC(=O)c3ccc(S(=O)(=O)N4CCCCC4)cc3)c2C(=O)N2CCCC2)C1. The van der Waals surface area contributed by atoms with Crippen molar-refractivity contribution in [3.63, 3.8) is 0 Å². The molecule has 0 radical (unpaired) electrons. The lowest BCUT2D eigenvalue weighted by Gasteiger charge is -2.26. The Morgan fingerprint density at radius 1 is 0.865 bits per heavy atom. The van der Waals surface area contributed by atoms with Crippen molar-refractivity contribution < 1.29 is 22.8 Å². The first-order valence-electron chi connectivity index (χ1n) is 12.9. The molecular weight excluding hydrogens is 512 g/mol. The zero-order chi connectivity index (χ0) is 26.2. The van der Waals surface area contributed by atoms with Crippen LogP contribution in [0, 0.1) is 0 Å². The van der Waals surface area contributed by atoms with Gasteiger partial charge in [-0.3, -0.25) is 14.4 Å². The largest absolute Gasteiger partial charge is 0.339 e. The number of piperidine rings is 1. The number of nitrogens with one attached hydrogen (secondary N) is 1.